The molecule has 2 heterocycles. The fraction of sp³-hybridized carbons (Fsp3) is 0.273. The zero-order valence-electron chi connectivity index (χ0n) is 14.8. The third kappa shape index (κ3) is 2.71. The Labute approximate surface area is 153 Å². The van der Waals surface area contributed by atoms with Crippen LogP contribution in [0.15, 0.2) is 73.1 Å². The average Bonchev–Trinajstić information content (AvgIpc) is 3.27. The molecule has 1 aromatic heterocycles. The first-order chi connectivity index (χ1) is 12.7. The van der Waals surface area contributed by atoms with E-state index in [0.717, 1.165) is 23.4 Å². The highest BCUT2D eigenvalue weighted by Gasteiger charge is 2.51. The molecule has 1 aliphatic heterocycles. The molecule has 0 N–H and O–H groups in total. The number of imidazole rings is 1. The molecule has 0 amide bonds. The molecule has 0 aliphatic carbocycles. The molecule has 3 aromatic rings. The van der Waals surface area contributed by atoms with Crippen molar-refractivity contribution in [1.82, 2.24) is 9.55 Å². The van der Waals surface area contributed by atoms with Crippen molar-refractivity contribution in [2.45, 2.75) is 37.8 Å². The Morgan fingerprint density at radius 2 is 1.69 bits per heavy atom. The van der Waals surface area contributed by atoms with Crippen molar-refractivity contribution in [2.24, 2.45) is 0 Å². The molecule has 1 saturated heterocycles. The number of nitrogens with zero attached hydrogens (tertiary/aromatic N) is 2. The van der Waals surface area contributed by atoms with Gasteiger partial charge in [-0.25, -0.2) is 4.98 Å². The van der Waals surface area contributed by atoms with Gasteiger partial charge >= 0.3 is 5.97 Å². The smallest absolute Gasteiger partial charge is 0.321 e. The van der Waals surface area contributed by atoms with Crippen LogP contribution in [0.4, 0.5) is 0 Å². The van der Waals surface area contributed by atoms with Crippen LogP contribution < -0.4 is 0 Å². The number of rotatable bonds is 5. The lowest BCUT2D eigenvalue weighted by molar-refractivity contribution is -0.145. The van der Waals surface area contributed by atoms with E-state index in [9.17, 15) is 4.79 Å². The van der Waals surface area contributed by atoms with Gasteiger partial charge in [0.15, 0.2) is 0 Å². The van der Waals surface area contributed by atoms with E-state index < -0.39 is 5.41 Å². The van der Waals surface area contributed by atoms with Gasteiger partial charge in [-0.05, 0) is 11.1 Å². The molecule has 1 aliphatic rings. The minimum absolute atomic E-state index is 0.168. The summed E-state index contributed by atoms with van der Waals surface area (Å²) >= 11 is 0. The van der Waals surface area contributed by atoms with Crippen molar-refractivity contribution in [3.05, 3.63) is 90.0 Å². The predicted octanol–water partition coefficient (Wildman–Crippen LogP) is 3.75. The van der Waals surface area contributed by atoms with Crippen LogP contribution in [0.1, 0.15) is 30.3 Å². The van der Waals surface area contributed by atoms with E-state index in [4.69, 9.17) is 4.74 Å². The van der Waals surface area contributed by atoms with E-state index in [1.165, 1.54) is 0 Å². The molecule has 4 heteroatoms. The summed E-state index contributed by atoms with van der Waals surface area (Å²) < 4.78 is 7.96. The van der Waals surface area contributed by atoms with E-state index in [1.807, 2.05) is 66.9 Å². The molecule has 0 radical (unpaired) electrons. The molecule has 26 heavy (non-hydrogen) atoms. The van der Waals surface area contributed by atoms with Gasteiger partial charge in [0.2, 0.25) is 0 Å². The second-order valence-corrected chi connectivity index (χ2v) is 6.72. The Morgan fingerprint density at radius 3 is 2.27 bits per heavy atom. The van der Waals surface area contributed by atoms with Gasteiger partial charge in [-0.1, -0.05) is 67.6 Å². The maximum Gasteiger partial charge on any atom is 0.321 e. The Balaban J connectivity index is 1.72. The minimum atomic E-state index is -0.750. The molecule has 132 valence electrons. The molecule has 0 unspecified atom stereocenters. The number of aromatic nitrogens is 2. The number of aryl methyl sites for hydroxylation is 1. The molecule has 1 fully saturated rings. The molecule has 4 nitrogen and oxygen atoms in total. The number of carbonyl (C=O) groups excluding carboxylic acids is 1. The topological polar surface area (TPSA) is 44.1 Å². The Morgan fingerprint density at radius 1 is 1.08 bits per heavy atom. The maximum absolute atomic E-state index is 13.1. The summed E-state index contributed by atoms with van der Waals surface area (Å²) in [7, 11) is 0. The van der Waals surface area contributed by atoms with Gasteiger partial charge in [-0.3, -0.25) is 4.79 Å². The Bertz CT molecular complexity index is 847. The highest BCUT2D eigenvalue weighted by molar-refractivity contribution is 5.89. The zero-order valence-corrected chi connectivity index (χ0v) is 14.8. The van der Waals surface area contributed by atoms with Crippen LogP contribution in [-0.4, -0.2) is 21.6 Å². The molecular formula is C22H22N2O2. The molecule has 0 bridgehead atoms. The number of cyclic esters (lactones) is 1. The standard InChI is InChI=1S/C22H22N2O2/c1-2-20-23-13-14-24(20)16-19-15-22(21(25)26-19,17-9-5-3-6-10-17)18-11-7-4-8-12-18/h3-14,19H,2,15-16H2,1H3/t19-/m1/s1. The van der Waals surface area contributed by atoms with Crippen molar-refractivity contribution in [1.29, 1.82) is 0 Å². The fourth-order valence-corrected chi connectivity index (χ4v) is 3.94. The lowest BCUT2D eigenvalue weighted by atomic mass is 9.72. The van der Waals surface area contributed by atoms with Crippen LogP contribution in [0.25, 0.3) is 0 Å². The van der Waals surface area contributed by atoms with E-state index in [1.54, 1.807) is 6.20 Å². The van der Waals surface area contributed by atoms with Crippen molar-refractivity contribution in [2.75, 3.05) is 0 Å². The average molecular weight is 346 g/mol. The quantitative estimate of drug-likeness (QED) is 0.661. The van der Waals surface area contributed by atoms with Crippen LogP contribution in [0.2, 0.25) is 0 Å². The van der Waals surface area contributed by atoms with Crippen LogP contribution in [0.5, 0.6) is 0 Å². The highest BCUT2D eigenvalue weighted by Crippen LogP contribution is 2.43. The summed E-state index contributed by atoms with van der Waals surface area (Å²) in [5.74, 6) is 0.844. The maximum atomic E-state index is 13.1. The largest absolute Gasteiger partial charge is 0.459 e. The first kappa shape index (κ1) is 16.6. The first-order valence-electron chi connectivity index (χ1n) is 9.06. The molecular weight excluding hydrogens is 324 g/mol. The lowest BCUT2D eigenvalue weighted by Gasteiger charge is -2.26. The SMILES string of the molecule is CCc1nccn1C[C@H]1CC(c2ccccc2)(c2ccccc2)C(=O)O1. The summed E-state index contributed by atoms with van der Waals surface area (Å²) in [5, 5.41) is 0. The number of hydrogen-bond acceptors (Lipinski definition) is 3. The van der Waals surface area contributed by atoms with Gasteiger partial charge in [0.05, 0.1) is 6.54 Å². The van der Waals surface area contributed by atoms with Crippen LogP contribution in [0, 0.1) is 0 Å². The van der Waals surface area contributed by atoms with Crippen molar-refractivity contribution in [3.8, 4) is 0 Å². The predicted molar refractivity (Wildman–Crippen MR) is 99.8 cm³/mol. The highest BCUT2D eigenvalue weighted by atomic mass is 16.6. The third-order valence-electron chi connectivity index (χ3n) is 5.21. The van der Waals surface area contributed by atoms with Crippen molar-refractivity contribution in [3.63, 3.8) is 0 Å². The van der Waals surface area contributed by atoms with Crippen molar-refractivity contribution >= 4 is 5.97 Å². The molecule has 4 rings (SSSR count). The Kier molecular flexibility index (Phi) is 4.33. The molecule has 0 saturated carbocycles. The monoisotopic (exact) mass is 346 g/mol. The van der Waals surface area contributed by atoms with Crippen molar-refractivity contribution < 1.29 is 9.53 Å². The lowest BCUT2D eigenvalue weighted by Crippen LogP contribution is -2.33. The van der Waals surface area contributed by atoms with Gasteiger partial charge in [0.1, 0.15) is 17.3 Å². The van der Waals surface area contributed by atoms with Gasteiger partial charge < -0.3 is 9.30 Å². The zero-order chi connectivity index (χ0) is 18.0. The van der Waals surface area contributed by atoms with Crippen LogP contribution in [-0.2, 0) is 27.9 Å². The fourth-order valence-electron chi connectivity index (χ4n) is 3.94. The number of esters is 1. The van der Waals surface area contributed by atoms with Gasteiger partial charge in [-0.15, -0.1) is 0 Å². The van der Waals surface area contributed by atoms with Gasteiger partial charge in [0, 0.05) is 25.2 Å². The van der Waals surface area contributed by atoms with Crippen LogP contribution in [0.3, 0.4) is 0 Å². The second-order valence-electron chi connectivity index (χ2n) is 6.72. The summed E-state index contributed by atoms with van der Waals surface area (Å²) in [6.45, 7) is 2.72. The minimum Gasteiger partial charge on any atom is -0.459 e. The third-order valence-corrected chi connectivity index (χ3v) is 5.21. The van der Waals surface area contributed by atoms with E-state index >= 15 is 0 Å². The van der Waals surface area contributed by atoms with Crippen LogP contribution >= 0.6 is 0 Å². The van der Waals surface area contributed by atoms with Gasteiger partial charge in [-0.2, -0.15) is 0 Å². The Hall–Kier alpha value is -2.88. The van der Waals surface area contributed by atoms with E-state index in [0.29, 0.717) is 13.0 Å². The van der Waals surface area contributed by atoms with Gasteiger partial charge in [0.25, 0.3) is 0 Å². The molecule has 2 aromatic carbocycles. The number of ether oxygens (including phenoxy) is 1. The van der Waals surface area contributed by atoms with E-state index in [-0.39, 0.29) is 12.1 Å². The number of benzene rings is 2. The summed E-state index contributed by atoms with van der Waals surface area (Å²) in [5.41, 5.74) is 1.22. The molecule has 1 atom stereocenters. The molecule has 0 spiro atoms. The first-order valence-corrected chi connectivity index (χ1v) is 9.06. The number of carbonyl (C=O) groups is 1. The summed E-state index contributed by atoms with van der Waals surface area (Å²) in [4.78, 5) is 17.5. The summed E-state index contributed by atoms with van der Waals surface area (Å²) in [6.07, 6.45) is 5.06. The summed E-state index contributed by atoms with van der Waals surface area (Å²) in [6, 6.07) is 19.9. The normalized spacial score (nSPS) is 18.7. The van der Waals surface area contributed by atoms with E-state index in [2.05, 4.69) is 16.5 Å². The number of hydrogen-bond donors (Lipinski definition) is 0. The second kappa shape index (κ2) is 6.79.